The maximum Gasteiger partial charge on any atom is 0.133 e. The Morgan fingerprint density at radius 3 is 2.93 bits per heavy atom. The van der Waals surface area contributed by atoms with E-state index in [0.29, 0.717) is 5.82 Å². The topological polar surface area (TPSA) is 48.9 Å². The zero-order valence-electron chi connectivity index (χ0n) is 8.91. The monoisotopic (exact) mass is 202 g/mol. The van der Waals surface area contributed by atoms with E-state index in [9.17, 15) is 0 Å². The molecule has 0 bridgehead atoms. The Hall–Kier alpha value is -1.61. The van der Waals surface area contributed by atoms with Gasteiger partial charge >= 0.3 is 0 Å². The number of aliphatic hydroxyl groups excluding tert-OH is 1. The molecule has 15 heavy (non-hydrogen) atoms. The molecule has 78 valence electrons. The van der Waals surface area contributed by atoms with E-state index < -0.39 is 0 Å². The highest BCUT2D eigenvalue weighted by Crippen LogP contribution is 2.15. The second kappa shape index (κ2) is 3.87. The van der Waals surface area contributed by atoms with Crippen LogP contribution in [0.1, 0.15) is 25.2 Å². The number of fused-ring (bicyclic) bond motifs is 1. The summed E-state index contributed by atoms with van der Waals surface area (Å²) in [6.07, 6.45) is 2.11. The van der Waals surface area contributed by atoms with Gasteiger partial charge in [0.25, 0.3) is 0 Å². The first-order chi connectivity index (χ1) is 7.19. The second-order valence-electron chi connectivity index (χ2n) is 3.84. The highest BCUT2D eigenvalue weighted by atomic mass is 16.3. The molecule has 0 spiro atoms. The SMILES string of the molecule is CC(C)=Cc1ccc2nc(CO)[nH]c2c1. The van der Waals surface area contributed by atoms with Gasteiger partial charge in [-0.1, -0.05) is 17.7 Å². The summed E-state index contributed by atoms with van der Waals surface area (Å²) in [6, 6.07) is 6.02. The molecule has 1 aromatic heterocycles. The van der Waals surface area contributed by atoms with Crippen molar-refractivity contribution < 1.29 is 5.11 Å². The van der Waals surface area contributed by atoms with Gasteiger partial charge in [-0.25, -0.2) is 4.98 Å². The first-order valence-corrected chi connectivity index (χ1v) is 4.93. The van der Waals surface area contributed by atoms with Crippen LogP contribution in [0.5, 0.6) is 0 Å². The van der Waals surface area contributed by atoms with E-state index in [1.54, 1.807) is 0 Å². The number of benzene rings is 1. The fraction of sp³-hybridized carbons (Fsp3) is 0.250. The van der Waals surface area contributed by atoms with Gasteiger partial charge in [0.15, 0.2) is 0 Å². The minimum absolute atomic E-state index is 0.0490. The molecule has 2 rings (SSSR count). The van der Waals surface area contributed by atoms with Crippen molar-refractivity contribution in [1.29, 1.82) is 0 Å². The molecular weight excluding hydrogens is 188 g/mol. The van der Waals surface area contributed by atoms with Crippen LogP contribution in [0.25, 0.3) is 17.1 Å². The van der Waals surface area contributed by atoms with E-state index in [1.807, 2.05) is 18.2 Å². The molecule has 0 unspecified atom stereocenters. The molecule has 0 atom stereocenters. The third-order valence-electron chi connectivity index (χ3n) is 2.16. The summed E-state index contributed by atoms with van der Waals surface area (Å²) in [4.78, 5) is 7.29. The van der Waals surface area contributed by atoms with Crippen LogP contribution < -0.4 is 0 Å². The Morgan fingerprint density at radius 1 is 1.47 bits per heavy atom. The molecule has 0 saturated heterocycles. The lowest BCUT2D eigenvalue weighted by molar-refractivity contribution is 0.273. The van der Waals surface area contributed by atoms with Gasteiger partial charge in [0, 0.05) is 0 Å². The zero-order valence-corrected chi connectivity index (χ0v) is 8.91. The number of H-pyrrole nitrogens is 1. The number of hydrogen-bond donors (Lipinski definition) is 2. The highest BCUT2D eigenvalue weighted by molar-refractivity contribution is 5.78. The molecular formula is C12H14N2O. The molecule has 0 radical (unpaired) electrons. The molecule has 3 nitrogen and oxygen atoms in total. The molecule has 3 heteroatoms. The molecule has 2 N–H and O–H groups in total. The number of hydrogen-bond acceptors (Lipinski definition) is 2. The summed E-state index contributed by atoms with van der Waals surface area (Å²) in [7, 11) is 0. The molecule has 0 fully saturated rings. The summed E-state index contributed by atoms with van der Waals surface area (Å²) in [5.74, 6) is 0.611. The van der Waals surface area contributed by atoms with E-state index in [4.69, 9.17) is 5.11 Å². The zero-order chi connectivity index (χ0) is 10.8. The summed E-state index contributed by atoms with van der Waals surface area (Å²) in [5.41, 5.74) is 4.27. The van der Waals surface area contributed by atoms with E-state index in [2.05, 4.69) is 29.9 Å². The summed E-state index contributed by atoms with van der Waals surface area (Å²) >= 11 is 0. The van der Waals surface area contributed by atoms with Crippen LogP contribution in [0.3, 0.4) is 0 Å². The Kier molecular flexibility index (Phi) is 2.56. The maximum atomic E-state index is 8.95. The molecule has 2 aromatic rings. The Morgan fingerprint density at radius 2 is 2.27 bits per heavy atom. The average molecular weight is 202 g/mol. The van der Waals surface area contributed by atoms with Gasteiger partial charge in [0.2, 0.25) is 0 Å². The lowest BCUT2D eigenvalue weighted by atomic mass is 10.1. The van der Waals surface area contributed by atoms with Crippen molar-refractivity contribution >= 4 is 17.1 Å². The lowest BCUT2D eigenvalue weighted by Crippen LogP contribution is -1.83. The number of aromatic nitrogens is 2. The van der Waals surface area contributed by atoms with Crippen LogP contribution in [0, 0.1) is 0 Å². The summed E-state index contributed by atoms with van der Waals surface area (Å²) in [5, 5.41) is 8.95. The van der Waals surface area contributed by atoms with E-state index >= 15 is 0 Å². The Bertz CT molecular complexity index is 507. The minimum atomic E-state index is -0.0490. The standard InChI is InChI=1S/C12H14N2O/c1-8(2)5-9-3-4-10-11(6-9)14-12(7-15)13-10/h3-6,15H,7H2,1-2H3,(H,13,14). The van der Waals surface area contributed by atoms with Gasteiger partial charge in [-0.3, -0.25) is 0 Å². The lowest BCUT2D eigenvalue weighted by Gasteiger charge is -1.94. The van der Waals surface area contributed by atoms with Crippen LogP contribution in [0.15, 0.2) is 23.8 Å². The van der Waals surface area contributed by atoms with Gasteiger partial charge in [0.1, 0.15) is 12.4 Å². The van der Waals surface area contributed by atoms with Crippen LogP contribution in [0.2, 0.25) is 0 Å². The average Bonchev–Trinajstić information content (AvgIpc) is 2.58. The van der Waals surface area contributed by atoms with Crippen LogP contribution >= 0.6 is 0 Å². The van der Waals surface area contributed by atoms with Gasteiger partial charge < -0.3 is 10.1 Å². The summed E-state index contributed by atoms with van der Waals surface area (Å²) < 4.78 is 0. The molecule has 0 aliphatic carbocycles. The largest absolute Gasteiger partial charge is 0.388 e. The number of rotatable bonds is 2. The fourth-order valence-electron chi connectivity index (χ4n) is 1.58. The van der Waals surface area contributed by atoms with Crippen molar-refractivity contribution in [2.24, 2.45) is 0 Å². The number of aromatic amines is 1. The van der Waals surface area contributed by atoms with Crippen molar-refractivity contribution in [1.82, 2.24) is 9.97 Å². The van der Waals surface area contributed by atoms with E-state index in [1.165, 1.54) is 5.57 Å². The Balaban J connectivity index is 2.50. The minimum Gasteiger partial charge on any atom is -0.388 e. The van der Waals surface area contributed by atoms with Crippen molar-refractivity contribution in [3.05, 3.63) is 35.2 Å². The normalized spacial score (nSPS) is 10.6. The predicted octanol–water partition coefficient (Wildman–Crippen LogP) is 2.48. The molecule has 1 heterocycles. The van der Waals surface area contributed by atoms with Gasteiger partial charge in [-0.05, 0) is 31.5 Å². The maximum absolute atomic E-state index is 8.95. The first-order valence-electron chi connectivity index (χ1n) is 4.93. The predicted molar refractivity (Wildman–Crippen MR) is 61.3 cm³/mol. The third kappa shape index (κ3) is 2.07. The molecule has 1 aromatic carbocycles. The Labute approximate surface area is 88.5 Å². The summed E-state index contributed by atoms with van der Waals surface area (Å²) in [6.45, 7) is 4.08. The highest BCUT2D eigenvalue weighted by Gasteiger charge is 2.01. The van der Waals surface area contributed by atoms with E-state index in [0.717, 1.165) is 16.6 Å². The van der Waals surface area contributed by atoms with Crippen molar-refractivity contribution in [2.75, 3.05) is 0 Å². The van der Waals surface area contributed by atoms with Crippen LogP contribution in [-0.4, -0.2) is 15.1 Å². The molecule has 0 saturated carbocycles. The molecule has 0 aliphatic heterocycles. The molecule has 0 amide bonds. The smallest absolute Gasteiger partial charge is 0.133 e. The first kappa shape index (κ1) is 9.93. The number of nitrogens with zero attached hydrogens (tertiary/aromatic N) is 1. The number of aliphatic hydroxyl groups is 1. The fourth-order valence-corrected chi connectivity index (χ4v) is 1.58. The molecule has 0 aliphatic rings. The number of imidazole rings is 1. The van der Waals surface area contributed by atoms with Gasteiger partial charge in [-0.2, -0.15) is 0 Å². The van der Waals surface area contributed by atoms with Crippen molar-refractivity contribution in [3.8, 4) is 0 Å². The third-order valence-corrected chi connectivity index (χ3v) is 2.16. The van der Waals surface area contributed by atoms with Gasteiger partial charge in [-0.15, -0.1) is 0 Å². The van der Waals surface area contributed by atoms with Gasteiger partial charge in [0.05, 0.1) is 11.0 Å². The van der Waals surface area contributed by atoms with Crippen molar-refractivity contribution in [3.63, 3.8) is 0 Å². The number of allylic oxidation sites excluding steroid dienone is 1. The second-order valence-corrected chi connectivity index (χ2v) is 3.84. The van der Waals surface area contributed by atoms with Crippen molar-refractivity contribution in [2.45, 2.75) is 20.5 Å². The van der Waals surface area contributed by atoms with E-state index in [-0.39, 0.29) is 6.61 Å². The number of nitrogens with one attached hydrogen (secondary N) is 1. The van der Waals surface area contributed by atoms with Crippen LogP contribution in [0.4, 0.5) is 0 Å². The van der Waals surface area contributed by atoms with Crippen LogP contribution in [-0.2, 0) is 6.61 Å². The quantitative estimate of drug-likeness (QED) is 0.786.